The Morgan fingerprint density at radius 3 is 2.67 bits per heavy atom. The second kappa shape index (κ2) is 3.93. The van der Waals surface area contributed by atoms with E-state index >= 15 is 0 Å². The first-order chi connectivity index (χ1) is 7.22. The number of ether oxygens (including phenoxy) is 1. The van der Waals surface area contributed by atoms with Crippen molar-refractivity contribution in [2.45, 2.75) is 18.8 Å². The first kappa shape index (κ1) is 10.0. The van der Waals surface area contributed by atoms with Crippen LogP contribution in [0.2, 0.25) is 0 Å². The Hall–Kier alpha value is -1.51. The molecule has 1 aromatic carbocycles. The fourth-order valence-electron chi connectivity index (χ4n) is 2.08. The van der Waals surface area contributed by atoms with E-state index in [9.17, 15) is 4.79 Å². The number of carbonyl (C=O) groups is 1. The van der Waals surface area contributed by atoms with Crippen molar-refractivity contribution in [2.24, 2.45) is 5.92 Å². The van der Waals surface area contributed by atoms with Gasteiger partial charge < -0.3 is 9.84 Å². The van der Waals surface area contributed by atoms with Gasteiger partial charge >= 0.3 is 5.97 Å². The highest BCUT2D eigenvalue weighted by Crippen LogP contribution is 2.44. The van der Waals surface area contributed by atoms with Gasteiger partial charge in [-0.2, -0.15) is 0 Å². The summed E-state index contributed by atoms with van der Waals surface area (Å²) in [6.45, 7) is 0. The maximum absolute atomic E-state index is 10.7. The van der Waals surface area contributed by atoms with E-state index in [1.807, 2.05) is 24.3 Å². The fourth-order valence-corrected chi connectivity index (χ4v) is 2.08. The molecule has 15 heavy (non-hydrogen) atoms. The molecule has 0 amide bonds. The molecule has 0 aliphatic heterocycles. The zero-order chi connectivity index (χ0) is 10.8. The minimum atomic E-state index is -0.679. The molecule has 1 saturated carbocycles. The van der Waals surface area contributed by atoms with Crippen LogP contribution in [0, 0.1) is 5.92 Å². The van der Waals surface area contributed by atoms with Crippen LogP contribution in [0.3, 0.4) is 0 Å². The summed E-state index contributed by atoms with van der Waals surface area (Å²) in [4.78, 5) is 10.7. The molecule has 1 aromatic rings. The van der Waals surface area contributed by atoms with Crippen LogP contribution in [-0.2, 0) is 4.79 Å². The van der Waals surface area contributed by atoms with Crippen LogP contribution in [0.4, 0.5) is 0 Å². The van der Waals surface area contributed by atoms with Gasteiger partial charge in [0.1, 0.15) is 5.75 Å². The Labute approximate surface area is 88.7 Å². The Kier molecular flexibility index (Phi) is 2.62. The molecule has 1 fully saturated rings. The number of hydrogen-bond donors (Lipinski definition) is 1. The molecule has 3 heteroatoms. The normalized spacial score (nSPS) is 24.3. The maximum atomic E-state index is 10.7. The van der Waals surface area contributed by atoms with Crippen molar-refractivity contribution < 1.29 is 14.6 Å². The minimum Gasteiger partial charge on any atom is -0.496 e. The van der Waals surface area contributed by atoms with Crippen LogP contribution in [-0.4, -0.2) is 18.2 Å². The summed E-state index contributed by atoms with van der Waals surface area (Å²) in [6.07, 6.45) is 1.46. The minimum absolute atomic E-state index is 0.167. The summed E-state index contributed by atoms with van der Waals surface area (Å²) >= 11 is 0. The van der Waals surface area contributed by atoms with Crippen molar-refractivity contribution in [1.82, 2.24) is 0 Å². The summed E-state index contributed by atoms with van der Waals surface area (Å²) in [5.41, 5.74) is 1.14. The Morgan fingerprint density at radius 1 is 1.40 bits per heavy atom. The molecule has 0 unspecified atom stereocenters. The molecule has 0 bridgehead atoms. The molecule has 80 valence electrons. The molecule has 0 heterocycles. The highest BCUT2D eigenvalue weighted by Gasteiger charge is 2.36. The molecule has 0 aromatic heterocycles. The van der Waals surface area contributed by atoms with Crippen molar-refractivity contribution >= 4 is 5.97 Å². The summed E-state index contributed by atoms with van der Waals surface area (Å²) in [7, 11) is 1.65. The second-order valence-corrected chi connectivity index (χ2v) is 3.95. The zero-order valence-corrected chi connectivity index (χ0v) is 8.64. The molecule has 0 atom stereocenters. The molecule has 0 radical (unpaired) electrons. The number of carboxylic acid groups (broad SMARTS) is 1. The fraction of sp³-hybridized carbons (Fsp3) is 0.417. The third-order valence-corrected chi connectivity index (χ3v) is 3.07. The van der Waals surface area contributed by atoms with Crippen LogP contribution in [0.1, 0.15) is 24.3 Å². The highest BCUT2D eigenvalue weighted by atomic mass is 16.5. The van der Waals surface area contributed by atoms with Gasteiger partial charge in [0.2, 0.25) is 0 Å². The average Bonchev–Trinajstić information content (AvgIpc) is 2.15. The molecule has 2 rings (SSSR count). The van der Waals surface area contributed by atoms with E-state index in [-0.39, 0.29) is 5.92 Å². The van der Waals surface area contributed by atoms with Crippen molar-refractivity contribution in [1.29, 1.82) is 0 Å². The number of para-hydroxylation sites is 1. The summed E-state index contributed by atoms with van der Waals surface area (Å²) in [6, 6.07) is 7.83. The quantitative estimate of drug-likeness (QED) is 0.825. The van der Waals surface area contributed by atoms with Crippen LogP contribution in [0.15, 0.2) is 24.3 Å². The van der Waals surface area contributed by atoms with E-state index < -0.39 is 5.97 Å². The van der Waals surface area contributed by atoms with Gasteiger partial charge in [-0.3, -0.25) is 4.79 Å². The number of benzene rings is 1. The van der Waals surface area contributed by atoms with Gasteiger partial charge in [-0.25, -0.2) is 0 Å². The largest absolute Gasteiger partial charge is 0.496 e. The summed E-state index contributed by atoms with van der Waals surface area (Å²) < 4.78 is 5.25. The lowest BCUT2D eigenvalue weighted by Gasteiger charge is -2.33. The SMILES string of the molecule is COc1ccccc1C1CC(C(=O)O)C1. The number of hydrogen-bond acceptors (Lipinski definition) is 2. The van der Waals surface area contributed by atoms with Gasteiger partial charge in [-0.1, -0.05) is 18.2 Å². The predicted molar refractivity (Wildman–Crippen MR) is 56.1 cm³/mol. The molecule has 1 aliphatic carbocycles. The predicted octanol–water partition coefficient (Wildman–Crippen LogP) is 2.27. The van der Waals surface area contributed by atoms with Gasteiger partial charge in [0.15, 0.2) is 0 Å². The van der Waals surface area contributed by atoms with Gasteiger partial charge in [-0.15, -0.1) is 0 Å². The molecule has 3 nitrogen and oxygen atoms in total. The van der Waals surface area contributed by atoms with Crippen LogP contribution < -0.4 is 4.74 Å². The lowest BCUT2D eigenvalue weighted by Crippen LogP contribution is -2.28. The van der Waals surface area contributed by atoms with E-state index in [1.165, 1.54) is 0 Å². The van der Waals surface area contributed by atoms with Crippen LogP contribution >= 0.6 is 0 Å². The van der Waals surface area contributed by atoms with Crippen molar-refractivity contribution in [3.63, 3.8) is 0 Å². The van der Waals surface area contributed by atoms with Gasteiger partial charge in [-0.05, 0) is 30.4 Å². The zero-order valence-electron chi connectivity index (χ0n) is 8.64. The number of rotatable bonds is 3. The smallest absolute Gasteiger partial charge is 0.306 e. The van der Waals surface area contributed by atoms with E-state index in [2.05, 4.69) is 0 Å². The van der Waals surface area contributed by atoms with E-state index in [4.69, 9.17) is 9.84 Å². The van der Waals surface area contributed by atoms with E-state index in [0.717, 1.165) is 24.2 Å². The lowest BCUT2D eigenvalue weighted by molar-refractivity contribution is -0.145. The standard InChI is InChI=1S/C12H14O3/c1-15-11-5-3-2-4-10(11)8-6-9(7-8)12(13)14/h2-5,8-9H,6-7H2,1H3,(H,13,14). The third-order valence-electron chi connectivity index (χ3n) is 3.07. The third kappa shape index (κ3) is 1.82. The number of carboxylic acids is 1. The number of aliphatic carboxylic acids is 1. The Balaban J connectivity index is 2.09. The van der Waals surface area contributed by atoms with Crippen molar-refractivity contribution in [3.05, 3.63) is 29.8 Å². The topological polar surface area (TPSA) is 46.5 Å². The first-order valence-electron chi connectivity index (χ1n) is 5.08. The first-order valence-corrected chi connectivity index (χ1v) is 5.08. The highest BCUT2D eigenvalue weighted by molar-refractivity contribution is 5.71. The molecular formula is C12H14O3. The molecule has 1 N–H and O–H groups in total. The van der Waals surface area contributed by atoms with Crippen molar-refractivity contribution in [2.75, 3.05) is 7.11 Å². The monoisotopic (exact) mass is 206 g/mol. The second-order valence-electron chi connectivity index (χ2n) is 3.95. The molecule has 1 aliphatic rings. The van der Waals surface area contributed by atoms with E-state index in [0.29, 0.717) is 5.92 Å². The molecular weight excluding hydrogens is 192 g/mol. The molecule has 0 spiro atoms. The Morgan fingerprint density at radius 2 is 2.07 bits per heavy atom. The number of methoxy groups -OCH3 is 1. The van der Waals surface area contributed by atoms with Gasteiger partial charge in [0.25, 0.3) is 0 Å². The van der Waals surface area contributed by atoms with Gasteiger partial charge in [0.05, 0.1) is 13.0 Å². The van der Waals surface area contributed by atoms with Gasteiger partial charge in [0, 0.05) is 0 Å². The average molecular weight is 206 g/mol. The maximum Gasteiger partial charge on any atom is 0.306 e. The van der Waals surface area contributed by atoms with E-state index in [1.54, 1.807) is 7.11 Å². The van der Waals surface area contributed by atoms with Crippen LogP contribution in [0.25, 0.3) is 0 Å². The summed E-state index contributed by atoms with van der Waals surface area (Å²) in [5, 5.41) is 8.79. The Bertz CT molecular complexity index is 367. The van der Waals surface area contributed by atoms with Crippen LogP contribution in [0.5, 0.6) is 5.75 Å². The summed E-state index contributed by atoms with van der Waals surface area (Å²) in [5.74, 6) is 0.370. The molecule has 0 saturated heterocycles. The lowest BCUT2D eigenvalue weighted by atomic mass is 9.71. The van der Waals surface area contributed by atoms with Crippen molar-refractivity contribution in [3.8, 4) is 5.75 Å².